The Balaban J connectivity index is 1.59. The van der Waals surface area contributed by atoms with Crippen molar-refractivity contribution in [3.8, 4) is 0 Å². The molecule has 4 aromatic rings. The van der Waals surface area contributed by atoms with Crippen molar-refractivity contribution in [2.24, 2.45) is 10.1 Å². The van der Waals surface area contributed by atoms with Crippen LogP contribution in [0.25, 0.3) is 10.9 Å². The molecule has 0 spiro atoms. The molecule has 34 heavy (non-hydrogen) atoms. The van der Waals surface area contributed by atoms with Gasteiger partial charge >= 0.3 is 0 Å². The molecule has 10 heteroatoms. The Labute approximate surface area is 199 Å². The highest BCUT2D eigenvalue weighted by atomic mass is 35.5. The van der Waals surface area contributed by atoms with Gasteiger partial charge in [0.2, 0.25) is 12.1 Å². The first-order valence-electron chi connectivity index (χ1n) is 10.3. The summed E-state index contributed by atoms with van der Waals surface area (Å²) in [4.78, 5) is 23.8. The Bertz CT molecular complexity index is 1460. The predicted octanol–water partition coefficient (Wildman–Crippen LogP) is 5.63. The lowest BCUT2D eigenvalue weighted by Crippen LogP contribution is -2.26. The van der Waals surface area contributed by atoms with E-state index in [0.29, 0.717) is 23.0 Å². The number of nitro benzene ring substituents is 1. The van der Waals surface area contributed by atoms with E-state index in [4.69, 9.17) is 16.3 Å². The number of halogens is 1. The van der Waals surface area contributed by atoms with Gasteiger partial charge in [0.15, 0.2) is 0 Å². The van der Waals surface area contributed by atoms with Crippen molar-refractivity contribution in [2.75, 3.05) is 0 Å². The number of ether oxygens (including phenoxy) is 1. The molecule has 1 atom stereocenters. The van der Waals surface area contributed by atoms with Crippen LogP contribution in [0, 0.1) is 10.1 Å². The first-order chi connectivity index (χ1) is 16.5. The quantitative estimate of drug-likeness (QED) is 0.125. The lowest BCUT2D eigenvalue weighted by Gasteiger charge is -2.22. The Morgan fingerprint density at radius 3 is 2.71 bits per heavy atom. The molecule has 0 amide bonds. The van der Waals surface area contributed by atoms with E-state index in [9.17, 15) is 10.1 Å². The van der Waals surface area contributed by atoms with E-state index in [1.807, 2.05) is 30.3 Å². The molecule has 0 aliphatic carbocycles. The molecule has 0 saturated carbocycles. The number of benzene rings is 2. The Morgan fingerprint density at radius 1 is 1.12 bits per heavy atom. The van der Waals surface area contributed by atoms with Crippen LogP contribution in [0.1, 0.15) is 24.3 Å². The van der Waals surface area contributed by atoms with Gasteiger partial charge in [-0.25, -0.2) is 15.0 Å². The second-order valence-corrected chi connectivity index (χ2v) is 7.81. The van der Waals surface area contributed by atoms with Gasteiger partial charge in [-0.2, -0.15) is 0 Å². The summed E-state index contributed by atoms with van der Waals surface area (Å²) in [6.07, 6.45) is 2.55. The first kappa shape index (κ1) is 21.5. The second kappa shape index (κ2) is 8.87. The largest absolute Gasteiger partial charge is 0.446 e. The van der Waals surface area contributed by atoms with E-state index in [1.54, 1.807) is 48.6 Å². The van der Waals surface area contributed by atoms with E-state index in [-0.39, 0.29) is 10.8 Å². The number of pyridine rings is 2. The standard InChI is InChI=1S/C24H17ClN6O3/c1-15(27-18-6-4-7-19(14-18)31(32)33)30-24(34-23(29-30)16-9-11-26-12-10-16)20-13-17-5-2-3-8-21(17)28-22(20)25/h2-14,24H,1H3. The van der Waals surface area contributed by atoms with Crippen molar-refractivity contribution < 1.29 is 9.66 Å². The summed E-state index contributed by atoms with van der Waals surface area (Å²) < 4.78 is 6.23. The molecule has 0 N–H and O–H groups in total. The van der Waals surface area contributed by atoms with Gasteiger partial charge in [0.05, 0.1) is 21.7 Å². The zero-order valence-corrected chi connectivity index (χ0v) is 18.6. The molecule has 0 bridgehead atoms. The topological polar surface area (TPSA) is 106 Å². The van der Waals surface area contributed by atoms with Crippen molar-refractivity contribution >= 4 is 45.6 Å². The highest BCUT2D eigenvalue weighted by Gasteiger charge is 2.34. The fourth-order valence-corrected chi connectivity index (χ4v) is 3.82. The molecule has 0 fully saturated rings. The molecule has 0 radical (unpaired) electrons. The summed E-state index contributed by atoms with van der Waals surface area (Å²) in [5.74, 6) is 0.823. The number of amidine groups is 1. The molecule has 5 rings (SSSR count). The lowest BCUT2D eigenvalue weighted by atomic mass is 10.1. The lowest BCUT2D eigenvalue weighted by molar-refractivity contribution is -0.384. The minimum Gasteiger partial charge on any atom is -0.446 e. The third-order valence-electron chi connectivity index (χ3n) is 5.20. The number of aliphatic imine (C=N–C) groups is 1. The van der Waals surface area contributed by atoms with Gasteiger partial charge in [0, 0.05) is 35.5 Å². The normalized spacial score (nSPS) is 15.8. The summed E-state index contributed by atoms with van der Waals surface area (Å²) in [6.45, 7) is 1.75. The Kier molecular flexibility index (Phi) is 5.60. The van der Waals surface area contributed by atoms with Crippen LogP contribution < -0.4 is 0 Å². The van der Waals surface area contributed by atoms with Crippen LogP contribution in [0.4, 0.5) is 11.4 Å². The average molecular weight is 473 g/mol. The highest BCUT2D eigenvalue weighted by Crippen LogP contribution is 2.36. The zero-order valence-electron chi connectivity index (χ0n) is 17.9. The number of rotatable bonds is 4. The second-order valence-electron chi connectivity index (χ2n) is 7.45. The molecule has 1 unspecified atom stereocenters. The van der Waals surface area contributed by atoms with Crippen molar-refractivity contribution in [1.29, 1.82) is 0 Å². The van der Waals surface area contributed by atoms with Crippen LogP contribution in [-0.2, 0) is 4.74 Å². The smallest absolute Gasteiger partial charge is 0.271 e. The van der Waals surface area contributed by atoms with Crippen LogP contribution in [0.2, 0.25) is 5.15 Å². The van der Waals surface area contributed by atoms with Crippen molar-refractivity contribution in [3.05, 3.63) is 106 Å². The molecule has 2 aromatic heterocycles. The summed E-state index contributed by atoms with van der Waals surface area (Å²) in [5, 5.41) is 18.6. The van der Waals surface area contributed by atoms with Crippen LogP contribution in [-0.4, -0.2) is 31.6 Å². The fourth-order valence-electron chi connectivity index (χ4n) is 3.58. The van der Waals surface area contributed by atoms with E-state index in [0.717, 1.165) is 16.5 Å². The van der Waals surface area contributed by atoms with Crippen LogP contribution >= 0.6 is 11.6 Å². The van der Waals surface area contributed by atoms with Gasteiger partial charge < -0.3 is 4.74 Å². The fraction of sp³-hybridized carbons (Fsp3) is 0.0833. The molecular formula is C24H17ClN6O3. The Hall–Kier alpha value is -4.37. The number of hydrogen-bond donors (Lipinski definition) is 0. The van der Waals surface area contributed by atoms with E-state index in [2.05, 4.69) is 20.1 Å². The minimum absolute atomic E-state index is 0.0500. The van der Waals surface area contributed by atoms with Gasteiger partial charge in [-0.1, -0.05) is 35.9 Å². The number of nitrogens with zero attached hydrogens (tertiary/aromatic N) is 6. The van der Waals surface area contributed by atoms with Crippen LogP contribution in [0.15, 0.2) is 89.2 Å². The first-order valence-corrected chi connectivity index (χ1v) is 10.7. The number of fused-ring (bicyclic) bond motifs is 1. The number of aromatic nitrogens is 2. The zero-order chi connectivity index (χ0) is 23.7. The molecule has 1 aliphatic rings. The number of non-ortho nitro benzene ring substituents is 1. The van der Waals surface area contributed by atoms with Gasteiger partial charge in [-0.15, -0.1) is 5.10 Å². The number of hydrazone groups is 1. The number of nitro groups is 1. The Morgan fingerprint density at radius 2 is 1.91 bits per heavy atom. The van der Waals surface area contributed by atoms with Gasteiger partial charge in [0.1, 0.15) is 11.0 Å². The van der Waals surface area contributed by atoms with Crippen LogP contribution in [0.5, 0.6) is 0 Å². The molecule has 9 nitrogen and oxygen atoms in total. The third-order valence-corrected chi connectivity index (χ3v) is 5.51. The predicted molar refractivity (Wildman–Crippen MR) is 129 cm³/mol. The summed E-state index contributed by atoms with van der Waals surface area (Å²) in [7, 11) is 0. The van der Waals surface area contributed by atoms with E-state index >= 15 is 0 Å². The van der Waals surface area contributed by atoms with E-state index in [1.165, 1.54) is 12.1 Å². The SMILES string of the molecule is CC(=Nc1cccc([N+](=O)[O-])c1)N1N=C(c2ccncc2)OC1c1cc2ccccc2nc1Cl. The summed E-state index contributed by atoms with van der Waals surface area (Å²) >= 11 is 6.57. The molecule has 0 saturated heterocycles. The average Bonchev–Trinajstić information content (AvgIpc) is 3.30. The van der Waals surface area contributed by atoms with E-state index < -0.39 is 11.2 Å². The van der Waals surface area contributed by atoms with Gasteiger partial charge in [0.25, 0.3) is 5.69 Å². The summed E-state index contributed by atoms with van der Waals surface area (Å²) in [5.41, 5.74) is 2.47. The number of hydrogen-bond acceptors (Lipinski definition) is 7. The monoisotopic (exact) mass is 472 g/mol. The highest BCUT2D eigenvalue weighted by molar-refractivity contribution is 6.30. The number of para-hydroxylation sites is 1. The molecular weight excluding hydrogens is 456 g/mol. The van der Waals surface area contributed by atoms with Crippen LogP contribution in [0.3, 0.4) is 0 Å². The van der Waals surface area contributed by atoms with Gasteiger partial charge in [-0.3, -0.25) is 15.1 Å². The maximum Gasteiger partial charge on any atom is 0.271 e. The molecule has 1 aliphatic heterocycles. The minimum atomic E-state index is -0.741. The third kappa shape index (κ3) is 4.16. The molecule has 3 heterocycles. The maximum atomic E-state index is 11.2. The molecule has 168 valence electrons. The van der Waals surface area contributed by atoms with Gasteiger partial charge in [-0.05, 0) is 37.3 Å². The maximum absolute atomic E-state index is 11.2. The molecule has 2 aromatic carbocycles. The summed E-state index contributed by atoms with van der Waals surface area (Å²) in [6, 6.07) is 19.2. The van der Waals surface area contributed by atoms with Crippen molar-refractivity contribution in [1.82, 2.24) is 15.0 Å². The van der Waals surface area contributed by atoms with Crippen molar-refractivity contribution in [3.63, 3.8) is 0 Å². The van der Waals surface area contributed by atoms with Crippen molar-refractivity contribution in [2.45, 2.75) is 13.2 Å².